The molecule has 0 spiro atoms. The van der Waals surface area contributed by atoms with Gasteiger partial charge >= 0.3 is 0 Å². The molecule has 1 saturated heterocycles. The Morgan fingerprint density at radius 1 is 1.41 bits per heavy atom. The molecule has 2 heterocycles. The molecule has 0 amide bonds. The third-order valence-electron chi connectivity index (χ3n) is 3.49. The highest BCUT2D eigenvalue weighted by molar-refractivity contribution is 5.03. The van der Waals surface area contributed by atoms with Gasteiger partial charge in [0.05, 0.1) is 6.20 Å². The average Bonchev–Trinajstić information content (AvgIpc) is 2.69. The van der Waals surface area contributed by atoms with Crippen molar-refractivity contribution in [3.05, 3.63) is 18.0 Å². The van der Waals surface area contributed by atoms with Crippen LogP contribution in [0.1, 0.15) is 12.0 Å². The molecule has 1 N–H and O–H groups in total. The van der Waals surface area contributed by atoms with Gasteiger partial charge in [-0.15, -0.1) is 0 Å². The summed E-state index contributed by atoms with van der Waals surface area (Å²) >= 11 is 0. The summed E-state index contributed by atoms with van der Waals surface area (Å²) < 4.78 is 1.84. The average molecular weight is 238 g/mol. The first-order valence-electron chi connectivity index (χ1n) is 6.20. The lowest BCUT2D eigenvalue weighted by molar-refractivity contribution is 0.0743. The summed E-state index contributed by atoms with van der Waals surface area (Å²) in [6.07, 6.45) is 4.86. The standard InChI is InChI=1S/C12H22N4O/c1-14-4-5-16(10-12(14)3-6-17)9-11-7-13-15(2)8-11/h7-8,12,17H,3-6,9-10H2,1-2H3/t12-/m1/s1. The highest BCUT2D eigenvalue weighted by Crippen LogP contribution is 2.13. The molecule has 0 bridgehead atoms. The minimum absolute atomic E-state index is 0.274. The van der Waals surface area contributed by atoms with Crippen LogP contribution in [0.3, 0.4) is 0 Å². The summed E-state index contributed by atoms with van der Waals surface area (Å²) in [6.45, 7) is 4.43. The number of hydrogen-bond donors (Lipinski definition) is 1. The van der Waals surface area contributed by atoms with Gasteiger partial charge in [-0.3, -0.25) is 9.58 Å². The molecular formula is C12H22N4O. The lowest BCUT2D eigenvalue weighted by Crippen LogP contribution is -2.51. The van der Waals surface area contributed by atoms with Gasteiger partial charge in [0.2, 0.25) is 0 Å². The van der Waals surface area contributed by atoms with E-state index in [-0.39, 0.29) is 6.61 Å². The normalized spacial score (nSPS) is 23.1. The van der Waals surface area contributed by atoms with Gasteiger partial charge in [-0.2, -0.15) is 5.10 Å². The molecular weight excluding hydrogens is 216 g/mol. The monoisotopic (exact) mass is 238 g/mol. The highest BCUT2D eigenvalue weighted by atomic mass is 16.3. The van der Waals surface area contributed by atoms with Crippen molar-refractivity contribution in [3.63, 3.8) is 0 Å². The lowest BCUT2D eigenvalue weighted by atomic mass is 10.1. The highest BCUT2D eigenvalue weighted by Gasteiger charge is 2.23. The van der Waals surface area contributed by atoms with E-state index in [0.717, 1.165) is 32.6 Å². The first-order valence-corrected chi connectivity index (χ1v) is 6.20. The molecule has 1 aliphatic heterocycles. The van der Waals surface area contributed by atoms with Crippen molar-refractivity contribution in [1.29, 1.82) is 0 Å². The van der Waals surface area contributed by atoms with Crippen LogP contribution >= 0.6 is 0 Å². The first-order chi connectivity index (χ1) is 8.19. The quantitative estimate of drug-likeness (QED) is 0.797. The molecule has 1 aromatic rings. The molecule has 1 aliphatic rings. The van der Waals surface area contributed by atoms with E-state index in [4.69, 9.17) is 5.11 Å². The second-order valence-corrected chi connectivity index (χ2v) is 4.90. The summed E-state index contributed by atoms with van der Waals surface area (Å²) in [4.78, 5) is 4.79. The van der Waals surface area contributed by atoms with Gasteiger partial charge in [0, 0.05) is 57.6 Å². The fraction of sp³-hybridized carbons (Fsp3) is 0.750. The van der Waals surface area contributed by atoms with E-state index in [0.29, 0.717) is 6.04 Å². The summed E-state index contributed by atoms with van der Waals surface area (Å²) in [5, 5.41) is 13.2. The summed E-state index contributed by atoms with van der Waals surface area (Å²) in [6, 6.07) is 0.477. The Morgan fingerprint density at radius 2 is 2.24 bits per heavy atom. The molecule has 17 heavy (non-hydrogen) atoms. The number of hydrogen-bond acceptors (Lipinski definition) is 4. The number of piperazine rings is 1. The number of aromatic nitrogens is 2. The number of nitrogens with zero attached hydrogens (tertiary/aromatic N) is 4. The molecule has 0 unspecified atom stereocenters. The van der Waals surface area contributed by atoms with E-state index in [9.17, 15) is 0 Å². The molecule has 0 aromatic carbocycles. The Bertz CT molecular complexity index is 352. The largest absolute Gasteiger partial charge is 0.396 e. The Kier molecular flexibility index (Phi) is 4.15. The maximum atomic E-state index is 9.06. The van der Waals surface area contributed by atoms with Gasteiger partial charge in [-0.05, 0) is 13.5 Å². The predicted molar refractivity (Wildman–Crippen MR) is 66.6 cm³/mol. The number of likely N-dealkylation sites (N-methyl/N-ethyl adjacent to an activating group) is 1. The molecule has 1 aromatic heterocycles. The van der Waals surface area contributed by atoms with Crippen LogP contribution in [0.15, 0.2) is 12.4 Å². The zero-order valence-corrected chi connectivity index (χ0v) is 10.7. The zero-order chi connectivity index (χ0) is 12.3. The second kappa shape index (κ2) is 5.62. The maximum Gasteiger partial charge on any atom is 0.0534 e. The SMILES string of the molecule is CN1CCN(Cc2cnn(C)c2)C[C@H]1CCO. The van der Waals surface area contributed by atoms with Crippen molar-refractivity contribution < 1.29 is 5.11 Å². The smallest absolute Gasteiger partial charge is 0.0534 e. The van der Waals surface area contributed by atoms with Crippen LogP contribution in [0.2, 0.25) is 0 Å². The number of aliphatic hydroxyl groups is 1. The van der Waals surface area contributed by atoms with Gasteiger partial charge in [-0.1, -0.05) is 0 Å². The van der Waals surface area contributed by atoms with Crippen LogP contribution in [-0.4, -0.2) is 64.0 Å². The van der Waals surface area contributed by atoms with Crippen LogP contribution in [0.4, 0.5) is 0 Å². The van der Waals surface area contributed by atoms with Gasteiger partial charge in [0.15, 0.2) is 0 Å². The van der Waals surface area contributed by atoms with Crippen molar-refractivity contribution in [2.75, 3.05) is 33.3 Å². The Morgan fingerprint density at radius 3 is 2.88 bits per heavy atom. The third kappa shape index (κ3) is 3.28. The van der Waals surface area contributed by atoms with Crippen LogP contribution in [0, 0.1) is 0 Å². The molecule has 0 aliphatic carbocycles. The number of aryl methyl sites for hydroxylation is 1. The van der Waals surface area contributed by atoms with Crippen molar-refractivity contribution in [2.45, 2.75) is 19.0 Å². The summed E-state index contributed by atoms with van der Waals surface area (Å²) in [5.74, 6) is 0. The summed E-state index contributed by atoms with van der Waals surface area (Å²) in [7, 11) is 4.09. The Labute approximate surface area is 103 Å². The topological polar surface area (TPSA) is 44.5 Å². The fourth-order valence-corrected chi connectivity index (χ4v) is 2.43. The molecule has 96 valence electrons. The molecule has 1 fully saturated rings. The van der Waals surface area contributed by atoms with Crippen molar-refractivity contribution in [3.8, 4) is 0 Å². The number of rotatable bonds is 4. The van der Waals surface area contributed by atoms with Crippen molar-refractivity contribution in [1.82, 2.24) is 19.6 Å². The lowest BCUT2D eigenvalue weighted by Gasteiger charge is -2.39. The minimum atomic E-state index is 0.274. The molecule has 5 heteroatoms. The van der Waals surface area contributed by atoms with Gasteiger partial charge in [-0.25, -0.2) is 0 Å². The van der Waals surface area contributed by atoms with E-state index in [1.165, 1.54) is 5.56 Å². The van der Waals surface area contributed by atoms with E-state index < -0.39 is 0 Å². The predicted octanol–water partition coefficient (Wildman–Crippen LogP) is -0.0815. The van der Waals surface area contributed by atoms with Crippen LogP contribution in [-0.2, 0) is 13.6 Å². The van der Waals surface area contributed by atoms with Crippen LogP contribution in [0.5, 0.6) is 0 Å². The van der Waals surface area contributed by atoms with E-state index in [2.05, 4.69) is 28.1 Å². The molecule has 5 nitrogen and oxygen atoms in total. The van der Waals surface area contributed by atoms with Crippen LogP contribution in [0.25, 0.3) is 0 Å². The molecule has 1 atom stereocenters. The van der Waals surface area contributed by atoms with Gasteiger partial charge < -0.3 is 10.0 Å². The minimum Gasteiger partial charge on any atom is -0.396 e. The molecule has 0 radical (unpaired) electrons. The summed E-state index contributed by atoms with van der Waals surface area (Å²) in [5.41, 5.74) is 1.26. The zero-order valence-electron chi connectivity index (χ0n) is 10.7. The van der Waals surface area contributed by atoms with Gasteiger partial charge in [0.25, 0.3) is 0 Å². The van der Waals surface area contributed by atoms with Crippen molar-refractivity contribution >= 4 is 0 Å². The fourth-order valence-electron chi connectivity index (χ4n) is 2.43. The van der Waals surface area contributed by atoms with E-state index >= 15 is 0 Å². The Balaban J connectivity index is 1.89. The molecule has 2 rings (SSSR count). The van der Waals surface area contributed by atoms with Gasteiger partial charge in [0.1, 0.15) is 0 Å². The van der Waals surface area contributed by atoms with Crippen molar-refractivity contribution in [2.24, 2.45) is 7.05 Å². The van der Waals surface area contributed by atoms with Crippen LogP contribution < -0.4 is 0 Å². The van der Waals surface area contributed by atoms with E-state index in [1.54, 1.807) is 0 Å². The molecule has 0 saturated carbocycles. The number of aliphatic hydroxyl groups excluding tert-OH is 1. The van der Waals surface area contributed by atoms with E-state index in [1.807, 2.05) is 17.9 Å². The second-order valence-electron chi connectivity index (χ2n) is 4.90. The Hall–Kier alpha value is -0.910. The maximum absolute atomic E-state index is 9.06. The first kappa shape index (κ1) is 12.5. The third-order valence-corrected chi connectivity index (χ3v) is 3.49.